The number of benzene rings is 1. The van der Waals surface area contributed by atoms with E-state index in [1.165, 1.54) is 34.6 Å². The Labute approximate surface area is 172 Å². The highest BCUT2D eigenvalue weighted by Crippen LogP contribution is 2.37. The summed E-state index contributed by atoms with van der Waals surface area (Å²) >= 11 is 1.32. The minimum Gasteiger partial charge on any atom is -0.305 e. The van der Waals surface area contributed by atoms with Crippen LogP contribution in [0.2, 0.25) is 0 Å². The number of hydrogen-bond acceptors (Lipinski definition) is 5. The number of nitriles is 1. The Morgan fingerprint density at radius 3 is 2.55 bits per heavy atom. The zero-order chi connectivity index (χ0) is 20.7. The molecule has 5 nitrogen and oxygen atoms in total. The lowest BCUT2D eigenvalue weighted by atomic mass is 10.1. The Hall–Kier alpha value is -3.24. The summed E-state index contributed by atoms with van der Waals surface area (Å²) in [7, 11) is 1.94. The maximum Gasteiger partial charge on any atom is 0.192 e. The Balaban J connectivity index is 1.85. The first-order valence-corrected chi connectivity index (χ1v) is 10.1. The van der Waals surface area contributed by atoms with Crippen LogP contribution in [-0.2, 0) is 6.42 Å². The number of aryl methyl sites for hydroxylation is 3. The first-order chi connectivity index (χ1) is 13.9. The molecule has 146 valence electrons. The van der Waals surface area contributed by atoms with E-state index in [0.29, 0.717) is 15.7 Å². The van der Waals surface area contributed by atoms with Crippen molar-refractivity contribution in [1.82, 2.24) is 14.4 Å². The van der Waals surface area contributed by atoms with Crippen LogP contribution < -0.4 is 4.90 Å². The van der Waals surface area contributed by atoms with E-state index < -0.39 is 0 Å². The summed E-state index contributed by atoms with van der Waals surface area (Å²) in [6.07, 6.45) is 2.86. The van der Waals surface area contributed by atoms with Crippen molar-refractivity contribution in [1.29, 1.82) is 5.26 Å². The third-order valence-corrected chi connectivity index (χ3v) is 6.08. The molecule has 0 amide bonds. The van der Waals surface area contributed by atoms with Gasteiger partial charge in [-0.05, 0) is 61.7 Å². The quantitative estimate of drug-likeness (QED) is 0.455. The highest BCUT2D eigenvalue weighted by atomic mass is 32.1. The molecule has 3 aromatic heterocycles. The fraction of sp³-hybridized carbons (Fsp3) is 0.227. The van der Waals surface area contributed by atoms with E-state index in [9.17, 15) is 9.65 Å². The van der Waals surface area contributed by atoms with E-state index in [0.717, 1.165) is 29.1 Å². The first-order valence-electron chi connectivity index (χ1n) is 9.31. The largest absolute Gasteiger partial charge is 0.305 e. The molecule has 0 bridgehead atoms. The van der Waals surface area contributed by atoms with Crippen molar-refractivity contribution in [2.24, 2.45) is 0 Å². The highest BCUT2D eigenvalue weighted by molar-refractivity contribution is 7.16. The van der Waals surface area contributed by atoms with Gasteiger partial charge in [-0.25, -0.2) is 14.4 Å². The van der Waals surface area contributed by atoms with Crippen molar-refractivity contribution in [3.63, 3.8) is 0 Å². The molecule has 0 saturated heterocycles. The maximum absolute atomic E-state index is 13.3. The van der Waals surface area contributed by atoms with Gasteiger partial charge in [0, 0.05) is 18.8 Å². The normalized spacial score (nSPS) is 11.0. The molecule has 0 atom stereocenters. The molecule has 0 fully saturated rings. The molecule has 7 heteroatoms. The molecule has 0 aliphatic rings. The van der Waals surface area contributed by atoms with Crippen molar-refractivity contribution in [3.05, 3.63) is 64.0 Å². The van der Waals surface area contributed by atoms with Gasteiger partial charge in [0.2, 0.25) is 0 Å². The lowest BCUT2D eigenvalue weighted by Crippen LogP contribution is -2.13. The summed E-state index contributed by atoms with van der Waals surface area (Å²) in [4.78, 5) is 12.0. The molecule has 29 heavy (non-hydrogen) atoms. The van der Waals surface area contributed by atoms with Gasteiger partial charge in [0.15, 0.2) is 5.13 Å². The van der Waals surface area contributed by atoms with Crippen LogP contribution in [0, 0.1) is 31.0 Å². The van der Waals surface area contributed by atoms with Crippen LogP contribution in [0.4, 0.5) is 15.3 Å². The minimum atomic E-state index is -0.316. The Bertz CT molecular complexity index is 1250. The molecule has 4 rings (SSSR count). The monoisotopic (exact) mass is 405 g/mol. The van der Waals surface area contributed by atoms with Crippen LogP contribution >= 0.6 is 11.3 Å². The number of anilines is 2. The second-order valence-electron chi connectivity index (χ2n) is 6.96. The van der Waals surface area contributed by atoms with Crippen LogP contribution in [0.25, 0.3) is 16.9 Å². The van der Waals surface area contributed by atoms with E-state index in [2.05, 4.69) is 43.5 Å². The average Bonchev–Trinajstić information content (AvgIpc) is 3.30. The summed E-state index contributed by atoms with van der Waals surface area (Å²) in [5.41, 5.74) is 5.52. The molecule has 0 spiro atoms. The standard InChI is InChI=1S/C22H20FN5S/c1-5-17-21(28-12-14(3)13(2)10-19(28)25-17)27(4)22-26-20(18(11-24)29-22)15-6-8-16(23)9-7-15/h6-10,12H,5H2,1-4H3. The first kappa shape index (κ1) is 19.1. The fourth-order valence-electron chi connectivity index (χ4n) is 3.34. The molecule has 0 aliphatic carbocycles. The van der Waals surface area contributed by atoms with E-state index >= 15 is 0 Å². The number of hydrogen-bond donors (Lipinski definition) is 0. The van der Waals surface area contributed by atoms with Gasteiger partial charge in [0.1, 0.15) is 33.9 Å². The lowest BCUT2D eigenvalue weighted by molar-refractivity contribution is 0.628. The molecule has 0 saturated carbocycles. The summed E-state index contributed by atoms with van der Waals surface area (Å²) in [5.74, 6) is 0.623. The molecular weight excluding hydrogens is 385 g/mol. The van der Waals surface area contributed by atoms with Gasteiger partial charge in [0.05, 0.1) is 5.69 Å². The summed E-state index contributed by atoms with van der Waals surface area (Å²) in [6.45, 7) is 6.23. The van der Waals surface area contributed by atoms with Crippen LogP contribution in [0.3, 0.4) is 0 Å². The summed E-state index contributed by atoms with van der Waals surface area (Å²) < 4.78 is 15.4. The Morgan fingerprint density at radius 1 is 1.17 bits per heavy atom. The van der Waals surface area contributed by atoms with E-state index in [-0.39, 0.29) is 5.82 Å². The number of rotatable bonds is 4. The van der Waals surface area contributed by atoms with Gasteiger partial charge in [-0.1, -0.05) is 18.3 Å². The van der Waals surface area contributed by atoms with Crippen molar-refractivity contribution >= 4 is 27.9 Å². The van der Waals surface area contributed by atoms with Gasteiger partial charge in [-0.2, -0.15) is 5.26 Å². The molecular formula is C22H20FN5S. The van der Waals surface area contributed by atoms with E-state index in [1.54, 1.807) is 12.1 Å². The Kier molecular flexibility index (Phi) is 4.81. The van der Waals surface area contributed by atoms with Crippen LogP contribution in [-0.4, -0.2) is 21.4 Å². The lowest BCUT2D eigenvalue weighted by Gasteiger charge is -2.17. The molecule has 0 N–H and O–H groups in total. The molecule has 3 heterocycles. The average molecular weight is 406 g/mol. The van der Waals surface area contributed by atoms with E-state index in [4.69, 9.17) is 9.97 Å². The third-order valence-electron chi connectivity index (χ3n) is 5.05. The predicted molar refractivity (Wildman–Crippen MR) is 114 cm³/mol. The second-order valence-corrected chi connectivity index (χ2v) is 7.93. The predicted octanol–water partition coefficient (Wildman–Crippen LogP) is 5.42. The third kappa shape index (κ3) is 3.26. The van der Waals surface area contributed by atoms with Crippen LogP contribution in [0.15, 0.2) is 36.5 Å². The number of thiazole rings is 1. The van der Waals surface area contributed by atoms with Crippen LogP contribution in [0.5, 0.6) is 0 Å². The van der Waals surface area contributed by atoms with Gasteiger partial charge < -0.3 is 4.90 Å². The number of nitrogens with zero attached hydrogens (tertiary/aromatic N) is 5. The smallest absolute Gasteiger partial charge is 0.192 e. The second kappa shape index (κ2) is 7.30. The Morgan fingerprint density at radius 2 is 1.90 bits per heavy atom. The van der Waals surface area contributed by atoms with Gasteiger partial charge >= 0.3 is 0 Å². The maximum atomic E-state index is 13.3. The molecule has 0 radical (unpaired) electrons. The molecule has 0 unspecified atom stereocenters. The zero-order valence-corrected chi connectivity index (χ0v) is 17.5. The topological polar surface area (TPSA) is 57.2 Å². The number of fused-ring (bicyclic) bond motifs is 1. The highest BCUT2D eigenvalue weighted by Gasteiger charge is 2.22. The zero-order valence-electron chi connectivity index (χ0n) is 16.7. The molecule has 1 aromatic carbocycles. The summed E-state index contributed by atoms with van der Waals surface area (Å²) in [5, 5.41) is 10.3. The SMILES string of the molecule is CCc1nc2cc(C)c(C)cn2c1N(C)c1nc(-c2ccc(F)cc2)c(C#N)s1. The number of imidazole rings is 1. The number of aromatic nitrogens is 3. The van der Waals surface area contributed by atoms with E-state index in [1.807, 2.05) is 11.9 Å². The van der Waals surface area contributed by atoms with Gasteiger partial charge in [-0.3, -0.25) is 4.40 Å². The van der Waals surface area contributed by atoms with Crippen molar-refractivity contribution in [2.45, 2.75) is 27.2 Å². The number of pyridine rings is 1. The summed E-state index contributed by atoms with van der Waals surface area (Å²) in [6, 6.07) is 10.4. The van der Waals surface area contributed by atoms with Crippen molar-refractivity contribution in [2.75, 3.05) is 11.9 Å². The minimum absolute atomic E-state index is 0.316. The van der Waals surface area contributed by atoms with Gasteiger partial charge in [0.25, 0.3) is 0 Å². The van der Waals surface area contributed by atoms with Crippen molar-refractivity contribution < 1.29 is 4.39 Å². The van der Waals surface area contributed by atoms with Crippen molar-refractivity contribution in [3.8, 4) is 17.3 Å². The van der Waals surface area contributed by atoms with Gasteiger partial charge in [-0.15, -0.1) is 0 Å². The fourth-order valence-corrected chi connectivity index (χ4v) is 4.18. The molecule has 0 aliphatic heterocycles. The van der Waals surface area contributed by atoms with Crippen LogP contribution in [0.1, 0.15) is 28.6 Å². The number of halogens is 1. The molecule has 4 aromatic rings.